The molecule has 2 aliphatic rings. The van der Waals surface area contributed by atoms with Crippen molar-refractivity contribution in [3.05, 3.63) is 39.4 Å². The van der Waals surface area contributed by atoms with E-state index in [1.54, 1.807) is 12.1 Å². The molecule has 0 saturated heterocycles. The number of hydrogen-bond donors (Lipinski definition) is 0. The van der Waals surface area contributed by atoms with Gasteiger partial charge < -0.3 is 9.47 Å². The molecule has 1 aromatic carbocycles. The second-order valence-corrected chi connectivity index (χ2v) is 7.69. The van der Waals surface area contributed by atoms with E-state index < -0.39 is 5.54 Å². The standard InChI is InChI=1S/C20H26N2O5/c1-13-11-17(22(24)25)18(27-15-5-6-15)12-16(13)14-7-9-21(10-8-14)20(2,3)19(23)26-4/h7,11-12,15H,5-6,8-10H2,1-4H3. The number of hydrogen-bond acceptors (Lipinski definition) is 6. The average Bonchev–Trinajstić information content (AvgIpc) is 3.46. The van der Waals surface area contributed by atoms with Crippen molar-refractivity contribution in [3.8, 4) is 5.75 Å². The number of rotatable bonds is 6. The van der Waals surface area contributed by atoms with E-state index in [1.807, 2.05) is 20.8 Å². The van der Waals surface area contributed by atoms with Crippen LogP contribution < -0.4 is 4.74 Å². The molecule has 0 spiro atoms. The Morgan fingerprint density at radius 2 is 2.04 bits per heavy atom. The summed E-state index contributed by atoms with van der Waals surface area (Å²) < 4.78 is 10.7. The molecule has 7 nitrogen and oxygen atoms in total. The molecule has 3 rings (SSSR count). The fraction of sp³-hybridized carbons (Fsp3) is 0.550. The van der Waals surface area contributed by atoms with E-state index in [2.05, 4.69) is 11.0 Å². The van der Waals surface area contributed by atoms with Gasteiger partial charge in [0, 0.05) is 19.2 Å². The molecule has 0 radical (unpaired) electrons. The smallest absolute Gasteiger partial charge is 0.325 e. The van der Waals surface area contributed by atoms with Crippen LogP contribution in [0.1, 0.15) is 44.2 Å². The number of ether oxygens (including phenoxy) is 2. The summed E-state index contributed by atoms with van der Waals surface area (Å²) in [6.45, 7) is 6.93. The normalized spacial score (nSPS) is 18.0. The molecule has 0 aromatic heterocycles. The van der Waals surface area contributed by atoms with Crippen LogP contribution in [-0.4, -0.2) is 47.6 Å². The minimum absolute atomic E-state index is 0.0213. The Hall–Kier alpha value is -2.41. The third-order valence-corrected chi connectivity index (χ3v) is 5.35. The summed E-state index contributed by atoms with van der Waals surface area (Å²) in [5, 5.41) is 11.4. The lowest BCUT2D eigenvalue weighted by atomic mass is 9.92. The number of nitrogens with zero attached hydrogens (tertiary/aromatic N) is 2. The Morgan fingerprint density at radius 1 is 1.33 bits per heavy atom. The topological polar surface area (TPSA) is 81.9 Å². The van der Waals surface area contributed by atoms with Crippen molar-refractivity contribution in [1.82, 2.24) is 4.90 Å². The van der Waals surface area contributed by atoms with E-state index >= 15 is 0 Å². The molecule has 27 heavy (non-hydrogen) atoms. The van der Waals surface area contributed by atoms with Crippen LogP contribution in [0.15, 0.2) is 18.2 Å². The summed E-state index contributed by atoms with van der Waals surface area (Å²) in [7, 11) is 1.40. The van der Waals surface area contributed by atoms with Crippen molar-refractivity contribution >= 4 is 17.2 Å². The van der Waals surface area contributed by atoms with E-state index in [9.17, 15) is 14.9 Å². The van der Waals surface area contributed by atoms with Gasteiger partial charge in [0.25, 0.3) is 0 Å². The second-order valence-electron chi connectivity index (χ2n) is 7.69. The Bertz CT molecular complexity index is 796. The van der Waals surface area contributed by atoms with Gasteiger partial charge in [-0.25, -0.2) is 0 Å². The van der Waals surface area contributed by atoms with Crippen LogP contribution in [0.4, 0.5) is 5.69 Å². The second kappa shape index (κ2) is 7.31. The molecule has 1 fully saturated rings. The first-order valence-electron chi connectivity index (χ1n) is 9.22. The molecular formula is C20H26N2O5. The van der Waals surface area contributed by atoms with Crippen molar-refractivity contribution < 1.29 is 19.2 Å². The molecule has 1 heterocycles. The number of aryl methyl sites for hydroxylation is 1. The monoisotopic (exact) mass is 374 g/mol. The van der Waals surface area contributed by atoms with Gasteiger partial charge in [-0.15, -0.1) is 0 Å². The molecule has 7 heteroatoms. The van der Waals surface area contributed by atoms with Crippen molar-refractivity contribution in [2.24, 2.45) is 0 Å². The SMILES string of the molecule is COC(=O)C(C)(C)N1CC=C(c2cc(OC3CC3)c([N+](=O)[O-])cc2C)CC1. The predicted molar refractivity (Wildman–Crippen MR) is 102 cm³/mol. The third-order valence-electron chi connectivity index (χ3n) is 5.35. The van der Waals surface area contributed by atoms with Crippen LogP contribution in [0.2, 0.25) is 0 Å². The molecule has 0 amide bonds. The molecule has 0 N–H and O–H groups in total. The minimum Gasteiger partial charge on any atom is -0.483 e. The number of nitro benzene ring substituents is 1. The van der Waals surface area contributed by atoms with Gasteiger partial charge in [-0.3, -0.25) is 19.8 Å². The minimum atomic E-state index is -0.693. The molecule has 0 atom stereocenters. The van der Waals surface area contributed by atoms with Crippen molar-refractivity contribution in [1.29, 1.82) is 0 Å². The molecule has 146 valence electrons. The van der Waals surface area contributed by atoms with Crippen LogP contribution in [-0.2, 0) is 9.53 Å². The lowest BCUT2D eigenvalue weighted by Gasteiger charge is -2.38. The highest BCUT2D eigenvalue weighted by molar-refractivity contribution is 5.80. The van der Waals surface area contributed by atoms with E-state index in [0.717, 1.165) is 36.0 Å². The number of esters is 1. The van der Waals surface area contributed by atoms with Gasteiger partial charge in [-0.2, -0.15) is 0 Å². The molecule has 1 aliphatic heterocycles. The zero-order valence-electron chi connectivity index (χ0n) is 16.3. The average molecular weight is 374 g/mol. The molecule has 0 bridgehead atoms. The van der Waals surface area contributed by atoms with Gasteiger partial charge in [-0.05, 0) is 62.8 Å². The number of carbonyl (C=O) groups excluding carboxylic acids is 1. The molecule has 0 unspecified atom stereocenters. The van der Waals surface area contributed by atoms with Crippen LogP contribution in [0.3, 0.4) is 0 Å². The van der Waals surface area contributed by atoms with Crippen molar-refractivity contribution in [2.45, 2.75) is 51.7 Å². The Balaban J connectivity index is 1.86. The van der Waals surface area contributed by atoms with E-state index in [0.29, 0.717) is 18.8 Å². The van der Waals surface area contributed by atoms with E-state index in [4.69, 9.17) is 9.47 Å². The zero-order chi connectivity index (χ0) is 19.8. The van der Waals surface area contributed by atoms with Crippen LogP contribution in [0.5, 0.6) is 5.75 Å². The largest absolute Gasteiger partial charge is 0.483 e. The first-order chi connectivity index (χ1) is 12.7. The summed E-state index contributed by atoms with van der Waals surface area (Å²) >= 11 is 0. The highest BCUT2D eigenvalue weighted by atomic mass is 16.6. The maximum atomic E-state index is 12.0. The summed E-state index contributed by atoms with van der Waals surface area (Å²) in [5.41, 5.74) is 2.29. The lowest BCUT2D eigenvalue weighted by molar-refractivity contribution is -0.386. The Kier molecular flexibility index (Phi) is 5.24. The highest BCUT2D eigenvalue weighted by Gasteiger charge is 2.36. The van der Waals surface area contributed by atoms with Gasteiger partial charge in [0.1, 0.15) is 5.54 Å². The lowest BCUT2D eigenvalue weighted by Crippen LogP contribution is -2.52. The first-order valence-corrected chi connectivity index (χ1v) is 9.22. The van der Waals surface area contributed by atoms with Gasteiger partial charge in [0.05, 0.1) is 18.1 Å². The summed E-state index contributed by atoms with van der Waals surface area (Å²) in [6, 6.07) is 3.40. The van der Waals surface area contributed by atoms with E-state index in [1.165, 1.54) is 7.11 Å². The number of nitro groups is 1. The molecule has 1 aromatic rings. The number of methoxy groups -OCH3 is 1. The third kappa shape index (κ3) is 3.98. The Labute approximate surface area is 159 Å². The van der Waals surface area contributed by atoms with Crippen molar-refractivity contribution in [2.75, 3.05) is 20.2 Å². The van der Waals surface area contributed by atoms with Crippen LogP contribution in [0, 0.1) is 17.0 Å². The van der Waals surface area contributed by atoms with Crippen LogP contribution >= 0.6 is 0 Å². The van der Waals surface area contributed by atoms with Gasteiger partial charge in [0.15, 0.2) is 5.75 Å². The Morgan fingerprint density at radius 3 is 2.56 bits per heavy atom. The zero-order valence-corrected chi connectivity index (χ0v) is 16.3. The number of benzene rings is 1. The summed E-state index contributed by atoms with van der Waals surface area (Å²) in [5.74, 6) is 0.0901. The van der Waals surface area contributed by atoms with Gasteiger partial charge >= 0.3 is 11.7 Å². The fourth-order valence-corrected chi connectivity index (χ4v) is 3.42. The first kappa shape index (κ1) is 19.4. The maximum absolute atomic E-state index is 12.0. The predicted octanol–water partition coefficient (Wildman–Crippen LogP) is 3.49. The number of carbonyl (C=O) groups is 1. The van der Waals surface area contributed by atoms with E-state index in [-0.39, 0.29) is 22.7 Å². The molecular weight excluding hydrogens is 348 g/mol. The molecule has 1 saturated carbocycles. The molecule has 1 aliphatic carbocycles. The fourth-order valence-electron chi connectivity index (χ4n) is 3.42. The summed E-state index contributed by atoms with van der Waals surface area (Å²) in [4.78, 5) is 25.1. The van der Waals surface area contributed by atoms with Gasteiger partial charge in [0.2, 0.25) is 0 Å². The summed E-state index contributed by atoms with van der Waals surface area (Å²) in [6.07, 6.45) is 4.82. The maximum Gasteiger partial charge on any atom is 0.325 e. The quantitative estimate of drug-likeness (QED) is 0.431. The van der Waals surface area contributed by atoms with Crippen molar-refractivity contribution in [3.63, 3.8) is 0 Å². The highest BCUT2D eigenvalue weighted by Crippen LogP contribution is 2.38. The van der Waals surface area contributed by atoms with Gasteiger partial charge in [-0.1, -0.05) is 6.08 Å². The van der Waals surface area contributed by atoms with Crippen LogP contribution in [0.25, 0.3) is 5.57 Å².